The molecule has 3 rings (SSSR count). The second kappa shape index (κ2) is 8.20. The third kappa shape index (κ3) is 4.45. The summed E-state index contributed by atoms with van der Waals surface area (Å²) in [6.45, 7) is 7.34. The molecule has 0 radical (unpaired) electrons. The van der Waals surface area contributed by atoms with Crippen LogP contribution in [0.3, 0.4) is 0 Å². The maximum atomic E-state index is 8.55. The molecule has 2 N–H and O–H groups in total. The van der Waals surface area contributed by atoms with E-state index in [4.69, 9.17) is 14.9 Å². The number of piperidine rings is 1. The molecule has 0 atom stereocenters. The Kier molecular flexibility index (Phi) is 5.73. The van der Waals surface area contributed by atoms with Crippen molar-refractivity contribution in [3.05, 3.63) is 35.6 Å². The molecule has 0 bridgehead atoms. The summed E-state index contributed by atoms with van der Waals surface area (Å²) in [6, 6.07) is 3.63. The Morgan fingerprint density at radius 1 is 1.30 bits per heavy atom. The minimum Gasteiger partial charge on any atom is -0.490 e. The lowest BCUT2D eigenvalue weighted by atomic mass is 10.0. The van der Waals surface area contributed by atoms with Gasteiger partial charge in [0.15, 0.2) is 5.82 Å². The maximum Gasteiger partial charge on any atom is 0.216 e. The molecule has 0 unspecified atom stereocenters. The number of ether oxygens (including phenoxy) is 2. The van der Waals surface area contributed by atoms with Gasteiger partial charge in [0.25, 0.3) is 0 Å². The molecule has 0 saturated carbocycles. The highest BCUT2D eigenvalue weighted by atomic mass is 16.5. The van der Waals surface area contributed by atoms with E-state index in [-0.39, 0.29) is 6.10 Å². The fraction of sp³-hybridized carbons (Fsp3) is 0.474. The number of nitrogens with one attached hydrogen (secondary N) is 2. The highest BCUT2D eigenvalue weighted by Crippen LogP contribution is 2.23. The molecule has 3 heterocycles. The van der Waals surface area contributed by atoms with Crippen molar-refractivity contribution in [1.29, 1.82) is 5.41 Å². The summed E-state index contributed by atoms with van der Waals surface area (Å²) >= 11 is 0. The summed E-state index contributed by atoms with van der Waals surface area (Å²) in [5.74, 6) is 3.26. The second-order valence-electron chi connectivity index (χ2n) is 6.68. The van der Waals surface area contributed by atoms with E-state index in [0.29, 0.717) is 17.5 Å². The van der Waals surface area contributed by atoms with Gasteiger partial charge in [-0.05, 0) is 32.4 Å². The van der Waals surface area contributed by atoms with Crippen molar-refractivity contribution in [3.8, 4) is 11.6 Å². The number of allylic oxidation sites excluding steroid dienone is 1. The molecule has 8 nitrogen and oxygen atoms in total. The van der Waals surface area contributed by atoms with Crippen molar-refractivity contribution < 1.29 is 9.47 Å². The minimum atomic E-state index is 0.127. The highest BCUT2D eigenvalue weighted by Gasteiger charge is 2.24. The summed E-state index contributed by atoms with van der Waals surface area (Å²) in [7, 11) is 1.59. The number of likely N-dealkylation sites (tertiary alicyclic amines) is 1. The second-order valence-corrected chi connectivity index (χ2v) is 6.68. The molecule has 2 aromatic heterocycles. The van der Waals surface area contributed by atoms with Gasteiger partial charge in [0.05, 0.1) is 7.11 Å². The minimum absolute atomic E-state index is 0.127. The van der Waals surface area contributed by atoms with Gasteiger partial charge in [-0.1, -0.05) is 0 Å². The van der Waals surface area contributed by atoms with E-state index in [1.165, 1.54) is 0 Å². The van der Waals surface area contributed by atoms with E-state index >= 15 is 0 Å². The average molecular weight is 370 g/mol. The number of nitrogens with zero attached hydrogens (tertiary/aromatic N) is 4. The molecule has 0 amide bonds. The molecular formula is C19H26N6O2. The normalized spacial score (nSPS) is 16.1. The van der Waals surface area contributed by atoms with Gasteiger partial charge in [0.1, 0.15) is 23.5 Å². The zero-order chi connectivity index (χ0) is 19.4. The molecule has 1 aliphatic rings. The zero-order valence-corrected chi connectivity index (χ0v) is 16.2. The number of H-pyrrole nitrogens is 1. The largest absolute Gasteiger partial charge is 0.490 e. The predicted molar refractivity (Wildman–Crippen MR) is 103 cm³/mol. The van der Waals surface area contributed by atoms with E-state index in [0.717, 1.165) is 48.7 Å². The average Bonchev–Trinajstić information content (AvgIpc) is 3.13. The Balaban J connectivity index is 1.59. The number of hydrogen-bond acceptors (Lipinski definition) is 6. The summed E-state index contributed by atoms with van der Waals surface area (Å²) in [4.78, 5) is 10.5. The molecule has 1 saturated heterocycles. The Bertz CT molecular complexity index is 836. The van der Waals surface area contributed by atoms with Crippen LogP contribution in [0.5, 0.6) is 11.6 Å². The fourth-order valence-corrected chi connectivity index (χ4v) is 3.06. The fourth-order valence-electron chi connectivity index (χ4n) is 3.06. The highest BCUT2D eigenvalue weighted by molar-refractivity contribution is 6.01. The molecular weight excluding hydrogens is 344 g/mol. The number of aromatic amines is 1. The van der Waals surface area contributed by atoms with Crippen molar-refractivity contribution >= 4 is 11.4 Å². The molecule has 144 valence electrons. The van der Waals surface area contributed by atoms with Crippen molar-refractivity contribution in [3.63, 3.8) is 0 Å². The molecule has 0 aromatic carbocycles. The first-order chi connectivity index (χ1) is 13.0. The van der Waals surface area contributed by atoms with Gasteiger partial charge in [-0.2, -0.15) is 5.10 Å². The lowest BCUT2D eigenvalue weighted by Gasteiger charge is -2.34. The van der Waals surface area contributed by atoms with Crippen LogP contribution in [0, 0.1) is 12.3 Å². The Morgan fingerprint density at radius 3 is 2.67 bits per heavy atom. The van der Waals surface area contributed by atoms with E-state index < -0.39 is 0 Å². The van der Waals surface area contributed by atoms with Crippen molar-refractivity contribution in [2.24, 2.45) is 0 Å². The van der Waals surface area contributed by atoms with E-state index in [9.17, 15) is 0 Å². The SMILES string of the molecule is COc1cc(OC2CCN(C(=N)/C(C)=C(/C)c3n[nH]c(C)n3)CC2)ccn1. The van der Waals surface area contributed by atoms with Crippen LogP contribution in [-0.4, -0.2) is 57.2 Å². The van der Waals surface area contributed by atoms with Crippen LogP contribution in [0.1, 0.15) is 38.3 Å². The van der Waals surface area contributed by atoms with Crippen molar-refractivity contribution in [1.82, 2.24) is 25.1 Å². The number of methoxy groups -OCH3 is 1. The summed E-state index contributed by atoms with van der Waals surface area (Å²) in [5.41, 5.74) is 1.82. The van der Waals surface area contributed by atoms with Crippen LogP contribution in [0.15, 0.2) is 23.9 Å². The van der Waals surface area contributed by atoms with Gasteiger partial charge in [0.2, 0.25) is 5.88 Å². The number of pyridine rings is 1. The topological polar surface area (TPSA) is 100 Å². The first-order valence-electron chi connectivity index (χ1n) is 9.05. The Labute approximate surface area is 159 Å². The summed E-state index contributed by atoms with van der Waals surface area (Å²) in [6.07, 6.45) is 3.53. The predicted octanol–water partition coefficient (Wildman–Crippen LogP) is 2.83. The smallest absolute Gasteiger partial charge is 0.216 e. The molecule has 2 aromatic rings. The first-order valence-corrected chi connectivity index (χ1v) is 9.05. The number of aromatic nitrogens is 4. The third-order valence-corrected chi connectivity index (χ3v) is 4.83. The standard InChI is InChI=1S/C19H26N6O2/c1-12(13(2)19-22-14(3)23-24-19)18(20)25-9-6-15(7-10-25)27-16-5-8-21-17(11-16)26-4/h5,8,11,15,20H,6-7,9-10H2,1-4H3,(H,22,23,24)/b13-12-,20-18?. The zero-order valence-electron chi connectivity index (χ0n) is 16.2. The molecule has 1 aliphatic heterocycles. The van der Waals surface area contributed by atoms with Crippen LogP contribution in [0.25, 0.3) is 5.57 Å². The Hall–Kier alpha value is -2.90. The lowest BCUT2D eigenvalue weighted by Crippen LogP contribution is -2.42. The number of amidine groups is 1. The molecule has 0 aliphatic carbocycles. The Morgan fingerprint density at radius 2 is 2.04 bits per heavy atom. The van der Waals surface area contributed by atoms with Gasteiger partial charge in [-0.15, -0.1) is 0 Å². The van der Waals surface area contributed by atoms with E-state index in [1.807, 2.05) is 26.8 Å². The van der Waals surface area contributed by atoms with Crippen LogP contribution < -0.4 is 9.47 Å². The van der Waals surface area contributed by atoms with Crippen molar-refractivity contribution in [2.45, 2.75) is 39.7 Å². The third-order valence-electron chi connectivity index (χ3n) is 4.83. The number of aryl methyl sites for hydroxylation is 1. The van der Waals surface area contributed by atoms with Gasteiger partial charge in [-0.3, -0.25) is 10.5 Å². The van der Waals surface area contributed by atoms with Crippen LogP contribution in [0.4, 0.5) is 0 Å². The molecule has 8 heteroatoms. The van der Waals surface area contributed by atoms with Gasteiger partial charge < -0.3 is 14.4 Å². The summed E-state index contributed by atoms with van der Waals surface area (Å²) < 4.78 is 11.2. The van der Waals surface area contributed by atoms with Crippen molar-refractivity contribution in [2.75, 3.05) is 20.2 Å². The van der Waals surface area contributed by atoms with E-state index in [1.54, 1.807) is 19.4 Å². The van der Waals surface area contributed by atoms with Gasteiger partial charge >= 0.3 is 0 Å². The van der Waals surface area contributed by atoms with Crippen LogP contribution in [0.2, 0.25) is 0 Å². The van der Waals surface area contributed by atoms with Gasteiger partial charge in [0, 0.05) is 43.8 Å². The first kappa shape index (κ1) is 18.9. The lowest BCUT2D eigenvalue weighted by molar-refractivity contribution is 0.130. The summed E-state index contributed by atoms with van der Waals surface area (Å²) in [5, 5.41) is 15.6. The molecule has 1 fully saturated rings. The maximum absolute atomic E-state index is 8.55. The van der Waals surface area contributed by atoms with Crippen LogP contribution >= 0.6 is 0 Å². The molecule has 27 heavy (non-hydrogen) atoms. The van der Waals surface area contributed by atoms with E-state index in [2.05, 4.69) is 25.1 Å². The number of rotatable bonds is 5. The van der Waals surface area contributed by atoms with Crippen LogP contribution in [-0.2, 0) is 0 Å². The van der Waals surface area contributed by atoms with Gasteiger partial charge in [-0.25, -0.2) is 9.97 Å². The number of hydrogen-bond donors (Lipinski definition) is 2. The molecule has 0 spiro atoms. The monoisotopic (exact) mass is 370 g/mol. The quantitative estimate of drug-likeness (QED) is 0.620.